The van der Waals surface area contributed by atoms with Gasteiger partial charge >= 0.3 is 6.18 Å². The molecule has 11 heteroatoms. The number of amides is 1. The van der Waals surface area contributed by atoms with Crippen LogP contribution in [0.25, 0.3) is 16.8 Å². The van der Waals surface area contributed by atoms with Gasteiger partial charge in [0.15, 0.2) is 5.82 Å². The van der Waals surface area contributed by atoms with E-state index in [9.17, 15) is 18.0 Å². The Morgan fingerprint density at radius 2 is 1.95 bits per heavy atom. The van der Waals surface area contributed by atoms with Gasteiger partial charge in [-0.3, -0.25) is 4.79 Å². The van der Waals surface area contributed by atoms with E-state index >= 15 is 0 Å². The van der Waals surface area contributed by atoms with Crippen LogP contribution in [0.3, 0.4) is 0 Å². The van der Waals surface area contributed by atoms with Gasteiger partial charge in [0, 0.05) is 17.8 Å². The first-order valence-corrected chi connectivity index (χ1v) is 11.9. The molecular weight excluding hydrogens is 485 g/mol. The molecule has 192 valence electrons. The van der Waals surface area contributed by atoms with E-state index < -0.39 is 17.6 Å². The van der Waals surface area contributed by atoms with Crippen LogP contribution in [0.4, 0.5) is 19.0 Å². The number of alkyl halides is 3. The number of ether oxygens (including phenoxy) is 1. The van der Waals surface area contributed by atoms with Gasteiger partial charge in [0.05, 0.1) is 18.4 Å². The molecule has 0 saturated heterocycles. The number of nitrogens with zero attached hydrogens (tertiary/aromatic N) is 4. The smallest absolute Gasteiger partial charge is 0.418 e. The van der Waals surface area contributed by atoms with Crippen molar-refractivity contribution in [2.45, 2.75) is 43.8 Å². The first kappa shape index (κ1) is 24.5. The number of fused-ring (bicyclic) bond motifs is 1. The van der Waals surface area contributed by atoms with Crippen LogP contribution in [0.1, 0.15) is 53.1 Å². The molecule has 1 fully saturated rings. The lowest BCUT2D eigenvalue weighted by atomic mass is 9.81. The maximum Gasteiger partial charge on any atom is 0.418 e. The van der Waals surface area contributed by atoms with Crippen molar-refractivity contribution in [1.82, 2.24) is 24.9 Å². The molecule has 0 bridgehead atoms. The molecular formula is C26H25F3N6O2. The summed E-state index contributed by atoms with van der Waals surface area (Å²) in [7, 11) is 1.38. The van der Waals surface area contributed by atoms with Crippen LogP contribution in [0.5, 0.6) is 5.88 Å². The summed E-state index contributed by atoms with van der Waals surface area (Å²) in [5.74, 6) is -0.304. The monoisotopic (exact) mass is 510 g/mol. The number of carbonyl (C=O) groups excluding carboxylic acids is 1. The maximum atomic E-state index is 13.7. The van der Waals surface area contributed by atoms with Gasteiger partial charge in [0.2, 0.25) is 5.88 Å². The van der Waals surface area contributed by atoms with Crippen LogP contribution in [-0.2, 0) is 6.18 Å². The Hall–Kier alpha value is -4.15. The summed E-state index contributed by atoms with van der Waals surface area (Å²) in [5, 5.41) is 7.04. The summed E-state index contributed by atoms with van der Waals surface area (Å²) in [5.41, 5.74) is 6.10. The van der Waals surface area contributed by atoms with Crippen LogP contribution in [-0.4, -0.2) is 38.6 Å². The second-order valence-electron chi connectivity index (χ2n) is 9.07. The number of hydrogen-bond acceptors (Lipinski definition) is 6. The summed E-state index contributed by atoms with van der Waals surface area (Å²) >= 11 is 0. The summed E-state index contributed by atoms with van der Waals surface area (Å²) in [4.78, 5) is 21.2. The molecule has 1 aromatic carbocycles. The van der Waals surface area contributed by atoms with Gasteiger partial charge in [-0.05, 0) is 42.9 Å². The number of nitrogen functional groups attached to an aromatic ring is 1. The Morgan fingerprint density at radius 3 is 2.68 bits per heavy atom. The standard InChI is InChI=1S/C26H25F3N6O2/c1-37-25-19(24(36)34-18-9-5-8-16(10-18)15-6-3-2-4-7-15)11-17(13-31-25)21-12-20(26(27,28)29)22-23(30)32-14-33-35(21)22/h2-4,6-7,11-14,16,18H,5,8-10H2,1H3,(H,34,36)(H2,30,32,33). The zero-order valence-corrected chi connectivity index (χ0v) is 20.0. The number of halogens is 3. The fraction of sp³-hybridized carbons (Fsp3) is 0.308. The van der Waals surface area contributed by atoms with Crippen LogP contribution >= 0.6 is 0 Å². The number of pyridine rings is 1. The van der Waals surface area contributed by atoms with E-state index in [1.54, 1.807) is 0 Å². The van der Waals surface area contributed by atoms with E-state index in [0.29, 0.717) is 5.92 Å². The van der Waals surface area contributed by atoms with E-state index in [-0.39, 0.29) is 40.1 Å². The van der Waals surface area contributed by atoms with Gasteiger partial charge < -0.3 is 15.8 Å². The third kappa shape index (κ3) is 4.81. The fourth-order valence-corrected chi connectivity index (χ4v) is 5.02. The van der Waals surface area contributed by atoms with Gasteiger partial charge in [-0.1, -0.05) is 36.8 Å². The highest BCUT2D eigenvalue weighted by Crippen LogP contribution is 2.39. The Morgan fingerprint density at radius 1 is 1.16 bits per heavy atom. The molecule has 37 heavy (non-hydrogen) atoms. The molecule has 3 heterocycles. The molecule has 1 aliphatic carbocycles. The lowest BCUT2D eigenvalue weighted by molar-refractivity contribution is -0.136. The highest BCUT2D eigenvalue weighted by molar-refractivity contribution is 5.97. The molecule has 4 aromatic rings. The number of hydrogen-bond donors (Lipinski definition) is 2. The van der Waals surface area contributed by atoms with Crippen molar-refractivity contribution in [3.05, 3.63) is 71.7 Å². The summed E-state index contributed by atoms with van der Waals surface area (Å²) < 4.78 is 47.6. The quantitative estimate of drug-likeness (QED) is 0.397. The third-order valence-corrected chi connectivity index (χ3v) is 6.75. The third-order valence-electron chi connectivity index (χ3n) is 6.75. The number of aromatic nitrogens is 4. The van der Waals surface area contributed by atoms with E-state index in [4.69, 9.17) is 10.5 Å². The Labute approximate surface area is 210 Å². The summed E-state index contributed by atoms with van der Waals surface area (Å²) in [6.07, 6.45) is 1.37. The number of carbonyl (C=O) groups is 1. The number of benzene rings is 1. The Kier molecular flexibility index (Phi) is 6.45. The second-order valence-corrected chi connectivity index (χ2v) is 9.07. The molecule has 1 amide bonds. The average Bonchev–Trinajstić information content (AvgIpc) is 3.31. The molecule has 2 atom stereocenters. The van der Waals surface area contributed by atoms with Gasteiger partial charge in [-0.2, -0.15) is 18.3 Å². The lowest BCUT2D eigenvalue weighted by Crippen LogP contribution is -2.38. The van der Waals surface area contributed by atoms with Crippen molar-refractivity contribution >= 4 is 17.2 Å². The molecule has 2 unspecified atom stereocenters. The summed E-state index contributed by atoms with van der Waals surface area (Å²) in [6, 6.07) is 12.5. The van der Waals surface area contributed by atoms with E-state index in [1.807, 2.05) is 18.2 Å². The minimum Gasteiger partial charge on any atom is -0.480 e. The van der Waals surface area contributed by atoms with E-state index in [0.717, 1.165) is 42.6 Å². The molecule has 3 aromatic heterocycles. The molecule has 0 aliphatic heterocycles. The molecule has 0 spiro atoms. The first-order valence-electron chi connectivity index (χ1n) is 11.9. The van der Waals surface area contributed by atoms with Crippen LogP contribution in [0, 0.1) is 0 Å². The first-order chi connectivity index (χ1) is 17.8. The SMILES string of the molecule is COc1ncc(-c2cc(C(F)(F)F)c3c(N)ncnn23)cc1C(=O)NC1CCCC(c2ccccc2)C1. The van der Waals surface area contributed by atoms with Gasteiger partial charge in [0.25, 0.3) is 5.91 Å². The highest BCUT2D eigenvalue weighted by atomic mass is 19.4. The number of anilines is 1. The molecule has 3 N–H and O–H groups in total. The van der Waals surface area contributed by atoms with Gasteiger partial charge in [-0.25, -0.2) is 14.5 Å². The van der Waals surface area contributed by atoms with Crippen molar-refractivity contribution in [2.24, 2.45) is 0 Å². The van der Waals surface area contributed by atoms with Crippen LogP contribution in [0.2, 0.25) is 0 Å². The number of nitrogens with one attached hydrogen (secondary N) is 1. The minimum absolute atomic E-state index is 0.0571. The van der Waals surface area contributed by atoms with E-state index in [2.05, 4.69) is 32.5 Å². The van der Waals surface area contributed by atoms with E-state index in [1.165, 1.54) is 24.9 Å². The number of rotatable bonds is 5. The van der Waals surface area contributed by atoms with Gasteiger partial charge in [0.1, 0.15) is 17.4 Å². The number of methoxy groups -OCH3 is 1. The highest BCUT2D eigenvalue weighted by Gasteiger charge is 2.37. The zero-order chi connectivity index (χ0) is 26.2. The Balaban J connectivity index is 1.46. The topological polar surface area (TPSA) is 107 Å². The van der Waals surface area contributed by atoms with Gasteiger partial charge in [-0.15, -0.1) is 0 Å². The normalized spacial score (nSPS) is 18.1. The molecule has 1 saturated carbocycles. The zero-order valence-electron chi connectivity index (χ0n) is 20.0. The summed E-state index contributed by atoms with van der Waals surface area (Å²) in [6.45, 7) is 0. The largest absolute Gasteiger partial charge is 0.480 e. The average molecular weight is 511 g/mol. The number of nitrogens with two attached hydrogens (primary N) is 1. The molecule has 5 rings (SSSR count). The van der Waals surface area contributed by atoms with Crippen LogP contribution < -0.4 is 15.8 Å². The maximum absolute atomic E-state index is 13.7. The predicted octanol–water partition coefficient (Wildman–Crippen LogP) is 4.86. The van der Waals surface area contributed by atoms with Crippen molar-refractivity contribution in [3.63, 3.8) is 0 Å². The predicted molar refractivity (Wildman–Crippen MR) is 131 cm³/mol. The minimum atomic E-state index is -4.68. The lowest BCUT2D eigenvalue weighted by Gasteiger charge is -2.30. The van der Waals surface area contributed by atoms with Crippen molar-refractivity contribution in [2.75, 3.05) is 12.8 Å². The van der Waals surface area contributed by atoms with Crippen LogP contribution in [0.15, 0.2) is 55.0 Å². The van der Waals surface area contributed by atoms with Crippen molar-refractivity contribution in [3.8, 4) is 17.1 Å². The molecule has 8 nitrogen and oxygen atoms in total. The molecule has 0 radical (unpaired) electrons. The van der Waals surface area contributed by atoms with Crippen molar-refractivity contribution in [1.29, 1.82) is 0 Å². The Bertz CT molecular complexity index is 1440. The fourth-order valence-electron chi connectivity index (χ4n) is 5.02. The second kappa shape index (κ2) is 9.72. The molecule has 1 aliphatic rings. The van der Waals surface area contributed by atoms with Crippen molar-refractivity contribution < 1.29 is 22.7 Å².